The zero-order valence-corrected chi connectivity index (χ0v) is 12.3. The normalized spacial score (nSPS) is 13.5. The van der Waals surface area contributed by atoms with Crippen molar-refractivity contribution in [2.45, 2.75) is 18.9 Å². The van der Waals surface area contributed by atoms with Crippen LogP contribution in [0.25, 0.3) is 0 Å². The second-order valence-electron chi connectivity index (χ2n) is 5.40. The van der Waals surface area contributed by atoms with Crippen molar-refractivity contribution < 1.29 is 9.59 Å². The van der Waals surface area contributed by atoms with Gasteiger partial charge in [-0.2, -0.15) is 0 Å². The first-order valence-electron chi connectivity index (χ1n) is 7.24. The van der Waals surface area contributed by atoms with Gasteiger partial charge in [0.2, 0.25) is 0 Å². The van der Waals surface area contributed by atoms with Crippen LogP contribution in [-0.2, 0) is 0 Å². The highest BCUT2D eigenvalue weighted by Gasteiger charge is 2.23. The average Bonchev–Trinajstić information content (AvgIpc) is 3.38. The fraction of sp³-hybridized carbons (Fsp3) is 0.235. The number of aromatic nitrogens is 1. The number of pyridine rings is 1. The number of nitrogens with zero attached hydrogens (tertiary/aromatic N) is 2. The molecule has 0 aliphatic heterocycles. The number of anilines is 1. The van der Waals surface area contributed by atoms with Gasteiger partial charge in [0, 0.05) is 30.4 Å². The van der Waals surface area contributed by atoms with Crippen LogP contribution in [0.3, 0.4) is 0 Å². The Morgan fingerprint density at radius 2 is 1.82 bits per heavy atom. The van der Waals surface area contributed by atoms with E-state index in [4.69, 9.17) is 0 Å². The van der Waals surface area contributed by atoms with Crippen LogP contribution >= 0.6 is 0 Å². The van der Waals surface area contributed by atoms with Crippen LogP contribution in [0, 0.1) is 0 Å². The second-order valence-corrected chi connectivity index (χ2v) is 5.40. The number of nitrogens with one attached hydrogen (secondary N) is 1. The third kappa shape index (κ3) is 3.14. The molecule has 1 aliphatic rings. The molecule has 0 bridgehead atoms. The highest BCUT2D eigenvalue weighted by Crippen LogP contribution is 2.19. The molecule has 1 aliphatic carbocycles. The second kappa shape index (κ2) is 5.97. The molecule has 0 spiro atoms. The Kier molecular flexibility index (Phi) is 3.87. The van der Waals surface area contributed by atoms with Crippen molar-refractivity contribution in [3.8, 4) is 0 Å². The Bertz CT molecular complexity index is 679. The molecule has 22 heavy (non-hydrogen) atoms. The summed E-state index contributed by atoms with van der Waals surface area (Å²) < 4.78 is 0. The van der Waals surface area contributed by atoms with Crippen LogP contribution in [0.5, 0.6) is 0 Å². The van der Waals surface area contributed by atoms with E-state index in [0.717, 1.165) is 18.5 Å². The van der Waals surface area contributed by atoms with Gasteiger partial charge in [0.25, 0.3) is 11.8 Å². The lowest BCUT2D eigenvalue weighted by Crippen LogP contribution is -2.27. The van der Waals surface area contributed by atoms with Gasteiger partial charge >= 0.3 is 0 Å². The van der Waals surface area contributed by atoms with Gasteiger partial charge in [-0.1, -0.05) is 0 Å². The van der Waals surface area contributed by atoms with Crippen LogP contribution < -0.4 is 10.2 Å². The minimum Gasteiger partial charge on any atom is -0.349 e. The highest BCUT2D eigenvalue weighted by molar-refractivity contribution is 6.06. The maximum Gasteiger partial charge on any atom is 0.258 e. The number of carbonyl (C=O) groups is 2. The Morgan fingerprint density at radius 3 is 2.41 bits per heavy atom. The molecule has 0 atom stereocenters. The SMILES string of the molecule is CN(C(=O)c1ccc(C(=O)NC2CC2)cc1)c1cccnc1. The third-order valence-electron chi connectivity index (χ3n) is 3.64. The minimum atomic E-state index is -0.137. The predicted octanol–water partition coefficient (Wildman–Crippen LogP) is 2.25. The van der Waals surface area contributed by atoms with Crippen molar-refractivity contribution in [2.24, 2.45) is 0 Å². The van der Waals surface area contributed by atoms with Crippen molar-refractivity contribution in [2.75, 3.05) is 11.9 Å². The first-order chi connectivity index (χ1) is 10.6. The smallest absolute Gasteiger partial charge is 0.258 e. The molecule has 1 heterocycles. The summed E-state index contributed by atoms with van der Waals surface area (Å²) in [6, 6.07) is 10.6. The van der Waals surface area contributed by atoms with Gasteiger partial charge in [-0.25, -0.2) is 0 Å². The summed E-state index contributed by atoms with van der Waals surface area (Å²) in [4.78, 5) is 29.9. The largest absolute Gasteiger partial charge is 0.349 e. The minimum absolute atomic E-state index is 0.0814. The number of rotatable bonds is 4. The summed E-state index contributed by atoms with van der Waals surface area (Å²) in [6.07, 6.45) is 5.40. The monoisotopic (exact) mass is 295 g/mol. The summed E-state index contributed by atoms with van der Waals surface area (Å²) in [6.45, 7) is 0. The molecule has 0 unspecified atom stereocenters. The molecule has 2 aromatic rings. The Hall–Kier alpha value is -2.69. The van der Waals surface area contributed by atoms with Gasteiger partial charge in [-0.05, 0) is 49.2 Å². The maximum absolute atomic E-state index is 12.4. The average molecular weight is 295 g/mol. The summed E-state index contributed by atoms with van der Waals surface area (Å²) in [5.74, 6) is -0.218. The van der Waals surface area contributed by atoms with Crippen LogP contribution in [0.1, 0.15) is 33.6 Å². The molecular weight excluding hydrogens is 278 g/mol. The molecule has 0 radical (unpaired) electrons. The van der Waals surface area contributed by atoms with Gasteiger partial charge in [-0.3, -0.25) is 14.6 Å². The quantitative estimate of drug-likeness (QED) is 0.941. The van der Waals surface area contributed by atoms with E-state index in [1.807, 2.05) is 6.07 Å². The number of hydrogen-bond acceptors (Lipinski definition) is 3. The van der Waals surface area contributed by atoms with Crippen LogP contribution in [0.4, 0.5) is 5.69 Å². The van der Waals surface area contributed by atoms with Gasteiger partial charge in [0.15, 0.2) is 0 Å². The Balaban J connectivity index is 1.71. The third-order valence-corrected chi connectivity index (χ3v) is 3.64. The lowest BCUT2D eigenvalue weighted by Gasteiger charge is -2.16. The van der Waals surface area contributed by atoms with Gasteiger partial charge in [-0.15, -0.1) is 0 Å². The predicted molar refractivity (Wildman–Crippen MR) is 83.9 cm³/mol. The molecule has 1 aromatic carbocycles. The standard InChI is InChI=1S/C17H17N3O2/c1-20(15-3-2-10-18-11-15)17(22)13-6-4-12(5-7-13)16(21)19-14-8-9-14/h2-7,10-11,14H,8-9H2,1H3,(H,19,21). The summed E-state index contributed by atoms with van der Waals surface area (Å²) >= 11 is 0. The number of hydrogen-bond donors (Lipinski definition) is 1. The number of carbonyl (C=O) groups excluding carboxylic acids is 2. The number of amides is 2. The van der Waals surface area contributed by atoms with Gasteiger partial charge in [0.05, 0.1) is 11.9 Å². The fourth-order valence-corrected chi connectivity index (χ4v) is 2.12. The molecule has 5 heteroatoms. The van der Waals surface area contributed by atoms with Gasteiger partial charge in [0.1, 0.15) is 0 Å². The molecule has 3 rings (SSSR count). The maximum atomic E-state index is 12.4. The van der Waals surface area contributed by atoms with Gasteiger partial charge < -0.3 is 10.2 Å². The topological polar surface area (TPSA) is 62.3 Å². The van der Waals surface area contributed by atoms with E-state index in [2.05, 4.69) is 10.3 Å². The summed E-state index contributed by atoms with van der Waals surface area (Å²) in [5, 5.41) is 2.92. The van der Waals surface area contributed by atoms with Crippen molar-refractivity contribution in [3.63, 3.8) is 0 Å². The molecule has 5 nitrogen and oxygen atoms in total. The van der Waals surface area contributed by atoms with E-state index in [-0.39, 0.29) is 11.8 Å². The molecule has 112 valence electrons. The molecule has 2 amide bonds. The molecule has 1 fully saturated rings. The Morgan fingerprint density at radius 1 is 1.14 bits per heavy atom. The zero-order chi connectivity index (χ0) is 15.5. The lowest BCUT2D eigenvalue weighted by atomic mass is 10.1. The van der Waals surface area contributed by atoms with Crippen molar-refractivity contribution in [3.05, 3.63) is 59.9 Å². The van der Waals surface area contributed by atoms with Crippen molar-refractivity contribution in [1.82, 2.24) is 10.3 Å². The van der Waals surface area contributed by atoms with E-state index in [1.165, 1.54) is 4.90 Å². The molecule has 1 aromatic heterocycles. The van der Waals surface area contributed by atoms with E-state index in [9.17, 15) is 9.59 Å². The molecule has 1 N–H and O–H groups in total. The van der Waals surface area contributed by atoms with E-state index in [0.29, 0.717) is 17.2 Å². The van der Waals surface area contributed by atoms with E-state index in [1.54, 1.807) is 49.8 Å². The summed E-state index contributed by atoms with van der Waals surface area (Å²) in [7, 11) is 1.70. The van der Waals surface area contributed by atoms with Crippen LogP contribution in [-0.4, -0.2) is 29.9 Å². The molecule has 0 saturated heterocycles. The Labute approximate surface area is 129 Å². The first kappa shape index (κ1) is 14.3. The van der Waals surface area contributed by atoms with Crippen molar-refractivity contribution in [1.29, 1.82) is 0 Å². The van der Waals surface area contributed by atoms with Crippen molar-refractivity contribution >= 4 is 17.5 Å². The fourth-order valence-electron chi connectivity index (χ4n) is 2.12. The highest BCUT2D eigenvalue weighted by atomic mass is 16.2. The molecule has 1 saturated carbocycles. The van der Waals surface area contributed by atoms with E-state index < -0.39 is 0 Å². The number of benzene rings is 1. The van der Waals surface area contributed by atoms with Crippen LogP contribution in [0.15, 0.2) is 48.8 Å². The zero-order valence-electron chi connectivity index (χ0n) is 12.3. The lowest BCUT2D eigenvalue weighted by molar-refractivity contribution is 0.0948. The first-order valence-corrected chi connectivity index (χ1v) is 7.24. The van der Waals surface area contributed by atoms with E-state index >= 15 is 0 Å². The molecular formula is C17H17N3O2. The van der Waals surface area contributed by atoms with Crippen LogP contribution in [0.2, 0.25) is 0 Å². The summed E-state index contributed by atoms with van der Waals surface area (Å²) in [5.41, 5.74) is 1.84.